The van der Waals surface area contributed by atoms with Crippen LogP contribution in [0, 0.1) is 0 Å². The first-order chi connectivity index (χ1) is 9.06. The summed E-state index contributed by atoms with van der Waals surface area (Å²) in [6, 6.07) is 10.9. The monoisotopic (exact) mass is 290 g/mol. The lowest BCUT2D eigenvalue weighted by molar-refractivity contribution is -0.131. The quantitative estimate of drug-likeness (QED) is 0.671. The van der Waals surface area contributed by atoms with Crippen molar-refractivity contribution >= 4 is 34.7 Å². The maximum atomic E-state index is 11.0. The summed E-state index contributed by atoms with van der Waals surface area (Å²) >= 11 is 12.0. The second-order valence-electron chi connectivity index (χ2n) is 4.28. The third kappa shape index (κ3) is 2.03. The third-order valence-electron chi connectivity index (χ3n) is 3.10. The van der Waals surface area contributed by atoms with Gasteiger partial charge in [-0.05, 0) is 52.1 Å². The molecule has 2 aromatic rings. The highest BCUT2D eigenvalue weighted by molar-refractivity contribution is 6.32. The fourth-order valence-corrected chi connectivity index (χ4v) is 2.72. The minimum absolute atomic E-state index is 0.578. The molecule has 1 aliphatic rings. The van der Waals surface area contributed by atoms with E-state index >= 15 is 0 Å². The van der Waals surface area contributed by atoms with Crippen LogP contribution in [0.4, 0.5) is 0 Å². The molecule has 0 bridgehead atoms. The Morgan fingerprint density at radius 1 is 0.895 bits per heavy atom. The number of hydrogen-bond acceptors (Lipinski definition) is 1. The molecule has 1 N–H and O–H groups in total. The van der Waals surface area contributed by atoms with Crippen molar-refractivity contribution in [2.24, 2.45) is 0 Å². The predicted molar refractivity (Wildman–Crippen MR) is 76.6 cm³/mol. The zero-order valence-corrected chi connectivity index (χ0v) is 11.2. The summed E-state index contributed by atoms with van der Waals surface area (Å²) in [7, 11) is 0. The molecule has 2 nitrogen and oxygen atoms in total. The van der Waals surface area contributed by atoms with E-state index in [0.717, 1.165) is 22.3 Å². The van der Waals surface area contributed by atoms with Gasteiger partial charge < -0.3 is 5.11 Å². The molecule has 4 heteroatoms. The number of benzene rings is 2. The van der Waals surface area contributed by atoms with Crippen LogP contribution in [0.2, 0.25) is 10.0 Å². The zero-order chi connectivity index (χ0) is 13.6. The fourth-order valence-electron chi connectivity index (χ4n) is 2.37. The van der Waals surface area contributed by atoms with Gasteiger partial charge in [0.25, 0.3) is 0 Å². The van der Waals surface area contributed by atoms with Crippen molar-refractivity contribution in [3.8, 4) is 11.1 Å². The van der Waals surface area contributed by atoms with Crippen LogP contribution in [-0.2, 0) is 4.79 Å². The molecular formula is C15H8Cl2O2. The van der Waals surface area contributed by atoms with E-state index in [4.69, 9.17) is 28.3 Å². The normalized spacial score (nSPS) is 12.0. The molecule has 0 saturated carbocycles. The van der Waals surface area contributed by atoms with Gasteiger partial charge in [0.1, 0.15) is 0 Å². The second-order valence-corrected chi connectivity index (χ2v) is 5.15. The highest BCUT2D eigenvalue weighted by atomic mass is 35.5. The molecule has 0 aliphatic heterocycles. The van der Waals surface area contributed by atoms with Gasteiger partial charge in [-0.3, -0.25) is 0 Å². The maximum absolute atomic E-state index is 11.0. The number of carboxylic acids is 1. The van der Waals surface area contributed by atoms with E-state index in [1.165, 1.54) is 6.08 Å². The molecule has 0 atom stereocenters. The molecule has 1 aliphatic carbocycles. The largest absolute Gasteiger partial charge is 0.478 e. The molecule has 0 amide bonds. The van der Waals surface area contributed by atoms with Crippen LogP contribution in [-0.4, -0.2) is 11.1 Å². The zero-order valence-electron chi connectivity index (χ0n) is 9.65. The summed E-state index contributed by atoms with van der Waals surface area (Å²) in [5, 5.41) is 10.2. The van der Waals surface area contributed by atoms with E-state index < -0.39 is 5.97 Å². The Morgan fingerprint density at radius 3 is 1.79 bits per heavy atom. The predicted octanol–water partition coefficient (Wildman–Crippen LogP) is 4.49. The average molecular weight is 291 g/mol. The minimum Gasteiger partial charge on any atom is -0.478 e. The standard InChI is InChI=1S/C15H8Cl2O2/c16-8-1-3-10-11-4-2-9(17)6-13(11)14(7-15(18)19)12(10)5-8/h1-7H,(H,18,19). The molecule has 3 rings (SSSR count). The number of rotatable bonds is 1. The number of halogens is 2. The van der Waals surface area contributed by atoms with Crippen LogP contribution in [0.25, 0.3) is 16.7 Å². The van der Waals surface area contributed by atoms with Gasteiger partial charge >= 0.3 is 5.97 Å². The Bertz CT molecular complexity index is 679. The molecular weight excluding hydrogens is 283 g/mol. The molecule has 0 radical (unpaired) electrons. The second kappa shape index (κ2) is 4.41. The van der Waals surface area contributed by atoms with Crippen molar-refractivity contribution in [1.82, 2.24) is 0 Å². The molecule has 0 fully saturated rings. The Balaban J connectivity index is 2.35. The molecule has 0 aromatic heterocycles. The van der Waals surface area contributed by atoms with Gasteiger partial charge in [0.15, 0.2) is 0 Å². The SMILES string of the molecule is O=C(O)C=C1c2cc(Cl)ccc2-c2ccc(Cl)cc21. The number of hydrogen-bond donors (Lipinski definition) is 1. The minimum atomic E-state index is -0.992. The highest BCUT2D eigenvalue weighted by Crippen LogP contribution is 2.45. The topological polar surface area (TPSA) is 37.3 Å². The van der Waals surface area contributed by atoms with Gasteiger partial charge in [-0.1, -0.05) is 35.3 Å². The first-order valence-corrected chi connectivity index (χ1v) is 6.37. The molecule has 0 saturated heterocycles. The van der Waals surface area contributed by atoms with Gasteiger partial charge in [0, 0.05) is 16.1 Å². The summed E-state index contributed by atoms with van der Waals surface area (Å²) in [6.07, 6.45) is 1.19. The molecule has 2 aromatic carbocycles. The van der Waals surface area contributed by atoms with Crippen LogP contribution >= 0.6 is 23.2 Å². The summed E-state index contributed by atoms with van der Waals surface area (Å²) < 4.78 is 0. The smallest absolute Gasteiger partial charge is 0.328 e. The van der Waals surface area contributed by atoms with Crippen LogP contribution in [0.3, 0.4) is 0 Å². The van der Waals surface area contributed by atoms with Crippen molar-refractivity contribution in [2.75, 3.05) is 0 Å². The lowest BCUT2D eigenvalue weighted by Gasteiger charge is -2.01. The van der Waals surface area contributed by atoms with E-state index in [9.17, 15) is 4.79 Å². The summed E-state index contributed by atoms with van der Waals surface area (Å²) in [6.45, 7) is 0. The van der Waals surface area contributed by atoms with Crippen molar-refractivity contribution in [3.05, 3.63) is 63.6 Å². The van der Waals surface area contributed by atoms with Crippen molar-refractivity contribution in [1.29, 1.82) is 0 Å². The van der Waals surface area contributed by atoms with Crippen molar-refractivity contribution < 1.29 is 9.90 Å². The van der Waals surface area contributed by atoms with Gasteiger partial charge in [0.05, 0.1) is 0 Å². The van der Waals surface area contributed by atoms with Crippen LogP contribution < -0.4 is 0 Å². The third-order valence-corrected chi connectivity index (χ3v) is 3.57. The Labute approximate surface area is 119 Å². The number of carboxylic acid groups (broad SMARTS) is 1. The first kappa shape index (κ1) is 12.3. The number of fused-ring (bicyclic) bond motifs is 3. The molecule has 0 spiro atoms. The summed E-state index contributed by atoms with van der Waals surface area (Å²) in [4.78, 5) is 11.0. The van der Waals surface area contributed by atoms with E-state index in [-0.39, 0.29) is 0 Å². The lowest BCUT2D eigenvalue weighted by atomic mass is 10.0. The molecule has 94 valence electrons. The lowest BCUT2D eigenvalue weighted by Crippen LogP contribution is -1.91. The van der Waals surface area contributed by atoms with E-state index in [1.54, 1.807) is 24.3 Å². The van der Waals surface area contributed by atoms with Gasteiger partial charge in [-0.25, -0.2) is 4.79 Å². The van der Waals surface area contributed by atoms with E-state index in [2.05, 4.69) is 0 Å². The highest BCUT2D eigenvalue weighted by Gasteiger charge is 2.24. The number of carbonyl (C=O) groups is 1. The van der Waals surface area contributed by atoms with E-state index in [0.29, 0.717) is 15.6 Å². The molecule has 19 heavy (non-hydrogen) atoms. The molecule has 0 unspecified atom stereocenters. The molecule has 0 heterocycles. The van der Waals surface area contributed by atoms with Crippen LogP contribution in [0.15, 0.2) is 42.5 Å². The van der Waals surface area contributed by atoms with Gasteiger partial charge in [0.2, 0.25) is 0 Å². The Morgan fingerprint density at radius 2 is 1.37 bits per heavy atom. The Hall–Kier alpha value is -1.77. The van der Waals surface area contributed by atoms with Crippen LogP contribution in [0.5, 0.6) is 0 Å². The fraction of sp³-hybridized carbons (Fsp3) is 0. The average Bonchev–Trinajstić information content (AvgIpc) is 2.62. The Kier molecular flexibility index (Phi) is 2.85. The maximum Gasteiger partial charge on any atom is 0.328 e. The summed E-state index contributed by atoms with van der Waals surface area (Å²) in [5.41, 5.74) is 4.24. The number of aliphatic carboxylic acids is 1. The summed E-state index contributed by atoms with van der Waals surface area (Å²) in [5.74, 6) is -0.992. The van der Waals surface area contributed by atoms with Crippen molar-refractivity contribution in [3.63, 3.8) is 0 Å². The van der Waals surface area contributed by atoms with Gasteiger partial charge in [-0.2, -0.15) is 0 Å². The first-order valence-electron chi connectivity index (χ1n) is 5.61. The van der Waals surface area contributed by atoms with Crippen molar-refractivity contribution in [2.45, 2.75) is 0 Å². The van der Waals surface area contributed by atoms with Crippen LogP contribution in [0.1, 0.15) is 11.1 Å². The van der Waals surface area contributed by atoms with E-state index in [1.807, 2.05) is 12.1 Å². The van der Waals surface area contributed by atoms with Gasteiger partial charge in [-0.15, -0.1) is 0 Å².